The molecule has 0 fully saturated rings. The van der Waals surface area contributed by atoms with Gasteiger partial charge in [0, 0.05) is 25.7 Å². The van der Waals surface area contributed by atoms with Crippen LogP contribution in [-0.4, -0.2) is 28.1 Å². The molecule has 0 aliphatic heterocycles. The Morgan fingerprint density at radius 3 is 2.86 bits per heavy atom. The Morgan fingerprint density at radius 2 is 2.10 bits per heavy atom. The molecule has 0 amide bonds. The summed E-state index contributed by atoms with van der Waals surface area (Å²) >= 11 is 0. The summed E-state index contributed by atoms with van der Waals surface area (Å²) in [5.41, 5.74) is 0.947. The Hall–Kier alpha value is -1.95. The standard InChI is InChI=1S/C15H21FN4O/c1-2-8-17-11-14-12-20(19-18-14)9-3-10-21-15-6-4-13(16)5-7-15/h4-7,12,17H,2-3,8-11H2,1H3. The van der Waals surface area contributed by atoms with Crippen molar-refractivity contribution in [2.75, 3.05) is 13.2 Å². The maximum Gasteiger partial charge on any atom is 0.123 e. The van der Waals surface area contributed by atoms with Gasteiger partial charge < -0.3 is 10.1 Å². The molecular formula is C15H21FN4O. The van der Waals surface area contributed by atoms with Gasteiger partial charge in [-0.25, -0.2) is 4.39 Å². The Bertz CT molecular complexity index is 527. The number of rotatable bonds is 9. The van der Waals surface area contributed by atoms with Crippen LogP contribution in [0.4, 0.5) is 4.39 Å². The fourth-order valence-electron chi connectivity index (χ4n) is 1.87. The normalized spacial score (nSPS) is 10.8. The van der Waals surface area contributed by atoms with E-state index >= 15 is 0 Å². The van der Waals surface area contributed by atoms with E-state index in [0.29, 0.717) is 12.4 Å². The lowest BCUT2D eigenvalue weighted by molar-refractivity contribution is 0.297. The number of aryl methyl sites for hydroxylation is 1. The summed E-state index contributed by atoms with van der Waals surface area (Å²) in [7, 11) is 0. The minimum absolute atomic E-state index is 0.255. The van der Waals surface area contributed by atoms with Gasteiger partial charge in [-0.2, -0.15) is 0 Å². The molecule has 1 aromatic heterocycles. The second-order valence-electron chi connectivity index (χ2n) is 4.81. The molecule has 114 valence electrons. The molecule has 21 heavy (non-hydrogen) atoms. The smallest absolute Gasteiger partial charge is 0.123 e. The number of ether oxygens (including phenoxy) is 1. The molecule has 0 radical (unpaired) electrons. The van der Waals surface area contributed by atoms with Gasteiger partial charge in [-0.1, -0.05) is 12.1 Å². The molecule has 0 unspecified atom stereocenters. The van der Waals surface area contributed by atoms with E-state index in [1.165, 1.54) is 12.1 Å². The molecule has 1 heterocycles. The summed E-state index contributed by atoms with van der Waals surface area (Å²) in [5.74, 6) is 0.425. The van der Waals surface area contributed by atoms with Gasteiger partial charge in [-0.3, -0.25) is 4.68 Å². The van der Waals surface area contributed by atoms with Gasteiger partial charge in [-0.15, -0.1) is 5.10 Å². The average molecular weight is 292 g/mol. The van der Waals surface area contributed by atoms with Crippen LogP contribution < -0.4 is 10.1 Å². The Labute approximate surface area is 124 Å². The van der Waals surface area contributed by atoms with Gasteiger partial charge in [-0.05, 0) is 37.2 Å². The van der Waals surface area contributed by atoms with Crippen LogP contribution in [0, 0.1) is 5.82 Å². The van der Waals surface area contributed by atoms with Gasteiger partial charge in [0.05, 0.1) is 12.3 Å². The van der Waals surface area contributed by atoms with Crippen LogP contribution in [0.5, 0.6) is 5.75 Å². The van der Waals surface area contributed by atoms with Gasteiger partial charge in [0.1, 0.15) is 11.6 Å². The second kappa shape index (κ2) is 8.36. The first-order chi connectivity index (χ1) is 10.3. The first-order valence-electron chi connectivity index (χ1n) is 7.26. The van der Waals surface area contributed by atoms with Crippen molar-refractivity contribution in [2.45, 2.75) is 32.9 Å². The van der Waals surface area contributed by atoms with Crippen LogP contribution in [0.25, 0.3) is 0 Å². The van der Waals surface area contributed by atoms with E-state index in [4.69, 9.17) is 4.74 Å². The van der Waals surface area contributed by atoms with Gasteiger partial charge >= 0.3 is 0 Å². The number of halogens is 1. The predicted molar refractivity (Wildman–Crippen MR) is 78.5 cm³/mol. The van der Waals surface area contributed by atoms with Crippen LogP contribution in [0.3, 0.4) is 0 Å². The Balaban J connectivity index is 1.65. The predicted octanol–water partition coefficient (Wildman–Crippen LogP) is 2.39. The molecule has 0 aliphatic carbocycles. The van der Waals surface area contributed by atoms with Crippen molar-refractivity contribution in [3.63, 3.8) is 0 Å². The first-order valence-corrected chi connectivity index (χ1v) is 7.26. The van der Waals surface area contributed by atoms with Gasteiger partial charge in [0.2, 0.25) is 0 Å². The third kappa shape index (κ3) is 5.51. The topological polar surface area (TPSA) is 52.0 Å². The molecule has 2 aromatic rings. The van der Waals surface area contributed by atoms with E-state index in [9.17, 15) is 4.39 Å². The van der Waals surface area contributed by atoms with Crippen LogP contribution in [0.15, 0.2) is 30.5 Å². The van der Waals surface area contributed by atoms with Crippen molar-refractivity contribution in [3.8, 4) is 5.75 Å². The highest BCUT2D eigenvalue weighted by Crippen LogP contribution is 2.11. The van der Waals surface area contributed by atoms with E-state index in [2.05, 4.69) is 22.6 Å². The van der Waals surface area contributed by atoms with Crippen LogP contribution in [-0.2, 0) is 13.1 Å². The number of benzene rings is 1. The van der Waals surface area contributed by atoms with E-state index in [0.717, 1.165) is 38.2 Å². The molecule has 0 bridgehead atoms. The molecule has 0 aliphatic rings. The van der Waals surface area contributed by atoms with Crippen molar-refractivity contribution in [2.24, 2.45) is 0 Å². The summed E-state index contributed by atoms with van der Waals surface area (Å²) in [5, 5.41) is 11.5. The highest BCUT2D eigenvalue weighted by atomic mass is 19.1. The molecule has 2 rings (SSSR count). The van der Waals surface area contributed by atoms with Crippen molar-refractivity contribution >= 4 is 0 Å². The number of nitrogens with zero attached hydrogens (tertiary/aromatic N) is 3. The summed E-state index contributed by atoms with van der Waals surface area (Å²) in [6.45, 7) is 5.18. The zero-order chi connectivity index (χ0) is 14.9. The fourth-order valence-corrected chi connectivity index (χ4v) is 1.87. The third-order valence-electron chi connectivity index (χ3n) is 2.93. The first kappa shape index (κ1) is 15.4. The van der Waals surface area contributed by atoms with Crippen LogP contribution >= 0.6 is 0 Å². The zero-order valence-corrected chi connectivity index (χ0v) is 12.3. The highest BCUT2D eigenvalue weighted by molar-refractivity contribution is 5.21. The molecular weight excluding hydrogens is 271 g/mol. The average Bonchev–Trinajstić information content (AvgIpc) is 2.94. The summed E-state index contributed by atoms with van der Waals surface area (Å²) in [4.78, 5) is 0. The van der Waals surface area contributed by atoms with Crippen molar-refractivity contribution < 1.29 is 9.13 Å². The molecule has 5 nitrogen and oxygen atoms in total. The van der Waals surface area contributed by atoms with Gasteiger partial charge in [0.25, 0.3) is 0 Å². The molecule has 0 saturated heterocycles. The quantitative estimate of drug-likeness (QED) is 0.721. The van der Waals surface area contributed by atoms with Gasteiger partial charge in [0.15, 0.2) is 0 Å². The largest absolute Gasteiger partial charge is 0.494 e. The van der Waals surface area contributed by atoms with E-state index in [1.54, 1.807) is 12.1 Å². The van der Waals surface area contributed by atoms with Crippen LogP contribution in [0.2, 0.25) is 0 Å². The van der Waals surface area contributed by atoms with E-state index in [-0.39, 0.29) is 5.82 Å². The zero-order valence-electron chi connectivity index (χ0n) is 12.3. The third-order valence-corrected chi connectivity index (χ3v) is 2.93. The molecule has 1 aromatic carbocycles. The Kier molecular flexibility index (Phi) is 6.15. The number of hydrogen-bond acceptors (Lipinski definition) is 4. The molecule has 1 N–H and O–H groups in total. The van der Waals surface area contributed by atoms with Crippen molar-refractivity contribution in [3.05, 3.63) is 42.0 Å². The maximum atomic E-state index is 12.7. The summed E-state index contributed by atoms with van der Waals surface area (Å²) < 4.78 is 20.1. The second-order valence-corrected chi connectivity index (χ2v) is 4.81. The molecule has 0 spiro atoms. The molecule has 0 atom stereocenters. The summed E-state index contributed by atoms with van der Waals surface area (Å²) in [6, 6.07) is 6.04. The highest BCUT2D eigenvalue weighted by Gasteiger charge is 2.00. The number of aromatic nitrogens is 3. The van der Waals surface area contributed by atoms with E-state index < -0.39 is 0 Å². The molecule has 0 saturated carbocycles. The maximum absolute atomic E-state index is 12.7. The van der Waals surface area contributed by atoms with Crippen molar-refractivity contribution in [1.82, 2.24) is 20.3 Å². The van der Waals surface area contributed by atoms with Crippen molar-refractivity contribution in [1.29, 1.82) is 0 Å². The lowest BCUT2D eigenvalue weighted by Gasteiger charge is -2.05. The van der Waals surface area contributed by atoms with E-state index in [1.807, 2.05) is 10.9 Å². The number of nitrogens with one attached hydrogen (secondary N) is 1. The SMILES string of the molecule is CCCNCc1cn(CCCOc2ccc(F)cc2)nn1. The number of hydrogen-bond donors (Lipinski definition) is 1. The fraction of sp³-hybridized carbons (Fsp3) is 0.467. The lowest BCUT2D eigenvalue weighted by Crippen LogP contribution is -2.13. The molecule has 6 heteroatoms. The lowest BCUT2D eigenvalue weighted by atomic mass is 10.3. The van der Waals surface area contributed by atoms with Crippen LogP contribution in [0.1, 0.15) is 25.5 Å². The Morgan fingerprint density at radius 1 is 1.29 bits per heavy atom. The monoisotopic (exact) mass is 292 g/mol. The minimum atomic E-state index is -0.255. The summed E-state index contributed by atoms with van der Waals surface area (Å²) in [6.07, 6.45) is 3.87. The minimum Gasteiger partial charge on any atom is -0.494 e.